The molecule has 10 heterocycles. The molecule has 4 saturated heterocycles. The maximum atomic E-state index is 15.7. The SMILES string of the molecule is CCCCCCCc1ccc(C23NC(=O)N4Cc5cc6c(cc5CN(C(=O)N2)C43c2ccc(CCCCCCC)cc2)Cn2c(=O)c3c(c(=O)n2C6)C2CCC3c3c2c(=O)n2n(c3=O)Cc3cc4cc5c(cc4cc3C2)CN2C(=O)NC3(c4ccc(CCCCCCC)cc4)NC(=O)N(C5)C23c2ccc(CCCCCCC)cc2)cc1. The third kappa shape index (κ3) is 11.7. The minimum absolute atomic E-state index is 0.0473. The van der Waals surface area contributed by atoms with Crippen molar-refractivity contribution < 1.29 is 19.2 Å². The van der Waals surface area contributed by atoms with E-state index in [1.807, 2.05) is 19.6 Å². The van der Waals surface area contributed by atoms with E-state index in [1.54, 1.807) is 0 Å². The van der Waals surface area contributed by atoms with E-state index in [2.05, 4.69) is 182 Å². The van der Waals surface area contributed by atoms with Crippen LogP contribution >= 0.6 is 0 Å². The maximum absolute atomic E-state index is 15.7. The Labute approximate surface area is 677 Å². The summed E-state index contributed by atoms with van der Waals surface area (Å²) in [5, 5.41) is 15.3. The van der Waals surface area contributed by atoms with Gasteiger partial charge in [0.15, 0.2) is 22.7 Å². The molecule has 600 valence electrons. The van der Waals surface area contributed by atoms with Crippen molar-refractivity contribution in [2.24, 2.45) is 0 Å². The summed E-state index contributed by atoms with van der Waals surface area (Å²) in [6, 6.07) is 45.2. The van der Waals surface area contributed by atoms with E-state index in [1.165, 1.54) is 124 Å². The number of rotatable bonds is 28. The monoisotopic (exact) mass is 1560 g/mol. The number of carbonyl (C=O) groups excluding carboxylic acids is 4. The first-order chi connectivity index (χ1) is 56.5. The van der Waals surface area contributed by atoms with Gasteiger partial charge in [0, 0.05) is 56.3 Å². The van der Waals surface area contributed by atoms with Crippen LogP contribution in [0.1, 0.15) is 292 Å². The Balaban J connectivity index is 0.629. The molecule has 116 heavy (non-hydrogen) atoms. The quantitative estimate of drug-likeness (QED) is 0.0345. The van der Waals surface area contributed by atoms with Crippen LogP contribution in [0.3, 0.4) is 0 Å². The summed E-state index contributed by atoms with van der Waals surface area (Å²) in [4.78, 5) is 131. The van der Waals surface area contributed by atoms with Gasteiger partial charge in [-0.3, -0.25) is 38.8 Å². The zero-order valence-electron chi connectivity index (χ0n) is 67.7. The summed E-state index contributed by atoms with van der Waals surface area (Å²) < 4.78 is 6.11. The first-order valence-electron chi connectivity index (χ1n) is 43.8. The molecule has 20 heteroatoms. The van der Waals surface area contributed by atoms with Gasteiger partial charge in [0.2, 0.25) is 0 Å². The van der Waals surface area contributed by atoms with E-state index in [-0.39, 0.29) is 110 Å². The first-order valence-corrected chi connectivity index (χ1v) is 43.8. The number of aromatic nitrogens is 4. The Kier molecular flexibility index (Phi) is 19.3. The van der Waals surface area contributed by atoms with Crippen LogP contribution in [0.15, 0.2) is 153 Å². The molecule has 0 radical (unpaired) electrons. The van der Waals surface area contributed by atoms with Crippen LogP contribution in [-0.2, 0) is 101 Å². The van der Waals surface area contributed by atoms with E-state index in [0.29, 0.717) is 24.0 Å². The van der Waals surface area contributed by atoms with Crippen molar-refractivity contribution in [3.05, 3.63) is 286 Å². The predicted molar refractivity (Wildman–Crippen MR) is 448 cm³/mol. The molecule has 0 spiro atoms. The molecular weight excluding hydrogens is 1450 g/mol. The molecule has 0 saturated carbocycles. The highest BCUT2D eigenvalue weighted by Crippen LogP contribution is 2.59. The molecule has 20 nitrogen and oxygen atoms in total. The molecule has 7 aromatic carbocycles. The number of amides is 8. The van der Waals surface area contributed by atoms with E-state index < -0.39 is 34.5 Å². The maximum Gasteiger partial charge on any atom is 0.322 e. The topological polar surface area (TPSA) is 217 Å². The molecule has 2 bridgehead atoms. The molecule has 9 aromatic rings. The van der Waals surface area contributed by atoms with E-state index in [4.69, 9.17) is 0 Å². The zero-order valence-corrected chi connectivity index (χ0v) is 67.7. The highest BCUT2D eigenvalue weighted by Gasteiger charge is 2.76. The van der Waals surface area contributed by atoms with Gasteiger partial charge in [0.25, 0.3) is 22.2 Å². The summed E-state index contributed by atoms with van der Waals surface area (Å²) >= 11 is 0. The van der Waals surface area contributed by atoms with Crippen LogP contribution in [0, 0.1) is 0 Å². The minimum atomic E-state index is -1.39. The van der Waals surface area contributed by atoms with E-state index in [9.17, 15) is 0 Å². The second kappa shape index (κ2) is 29.8. The Morgan fingerprint density at radius 3 is 0.759 bits per heavy atom. The van der Waals surface area contributed by atoms with Crippen molar-refractivity contribution in [3.63, 3.8) is 0 Å². The summed E-state index contributed by atoms with van der Waals surface area (Å²) in [7, 11) is 0. The molecule has 4 N–H and O–H groups in total. The van der Waals surface area contributed by atoms with Crippen molar-refractivity contribution in [1.82, 2.24) is 59.6 Å². The highest BCUT2D eigenvalue weighted by atomic mass is 16.2. The second-order valence-corrected chi connectivity index (χ2v) is 35.1. The largest absolute Gasteiger partial charge is 0.322 e. The summed E-state index contributed by atoms with van der Waals surface area (Å²) in [6.07, 6.45) is 28.0. The number of fused-ring (bicyclic) bond motifs is 8. The number of benzene rings is 7. The fourth-order valence-electron chi connectivity index (χ4n) is 22.3. The number of nitrogens with one attached hydrogen (secondary N) is 4. The molecular formula is C96H108N12O8. The number of unbranched alkanes of at least 4 members (excludes halogenated alkanes) is 16. The summed E-state index contributed by atoms with van der Waals surface area (Å²) in [5.41, 5.74) is 9.04. The first kappa shape index (κ1) is 75.3. The third-order valence-electron chi connectivity index (χ3n) is 28.3. The Hall–Kier alpha value is -10.8. The van der Waals surface area contributed by atoms with E-state index >= 15 is 38.4 Å². The van der Waals surface area contributed by atoms with Crippen molar-refractivity contribution in [3.8, 4) is 0 Å². The van der Waals surface area contributed by atoms with Crippen molar-refractivity contribution in [1.29, 1.82) is 0 Å². The fraction of sp³-hybridized carbons (Fsp3) is 0.458. The molecule has 2 atom stereocenters. The second-order valence-electron chi connectivity index (χ2n) is 35.1. The van der Waals surface area contributed by atoms with Crippen molar-refractivity contribution in [2.75, 3.05) is 0 Å². The van der Waals surface area contributed by atoms with Gasteiger partial charge in [0.1, 0.15) is 0 Å². The lowest BCUT2D eigenvalue weighted by Crippen LogP contribution is -2.61. The Bertz CT molecular complexity index is 5500. The molecule has 2 aromatic heterocycles. The third-order valence-corrected chi connectivity index (χ3v) is 28.3. The number of nitrogens with zero attached hydrogens (tertiary/aromatic N) is 8. The molecule has 4 fully saturated rings. The molecule has 11 aliphatic rings. The lowest BCUT2D eigenvalue weighted by molar-refractivity contribution is -0.0154. The number of urea groups is 4. The fourth-order valence-corrected chi connectivity index (χ4v) is 22.3. The van der Waals surface area contributed by atoms with Gasteiger partial charge in [-0.1, -0.05) is 240 Å². The average molecular weight is 1560 g/mol. The number of hydrogen-bond acceptors (Lipinski definition) is 8. The van der Waals surface area contributed by atoms with Gasteiger partial charge < -0.3 is 21.3 Å². The van der Waals surface area contributed by atoms with Crippen LogP contribution in [0.25, 0.3) is 10.8 Å². The van der Waals surface area contributed by atoms with Crippen LogP contribution in [0.4, 0.5) is 19.2 Å². The molecule has 3 aliphatic carbocycles. The van der Waals surface area contributed by atoms with Gasteiger partial charge in [-0.15, -0.1) is 0 Å². The average Bonchev–Trinajstić information content (AvgIpc) is 1.49. The normalized spacial score (nSPS) is 22.5. The molecule has 8 aliphatic heterocycles. The molecule has 8 amide bonds. The van der Waals surface area contributed by atoms with Gasteiger partial charge >= 0.3 is 24.1 Å². The standard InChI is InChI=1S/C96H108N12O8/c1-5-9-13-17-21-25-61-29-37-75(38-30-61)93-95(77-41-33-63(34-42-77)27-23-19-15-11-7-3)101(89(113)97-93)53-67-47-65-49-71-57-105-85(109)81-79-45-46-80(82(81)86(110)106(105)58-72(71)50-66(65)48-68(67)54-102(95)90(114)98-93)84-83(79)87(111)107-59-73-51-69-55-103-91(115)99-94(76-39-31-62(32-40-76)26-22-18-14-10-6-2)96(103,78-43-35-64(36-44-78)28-24-20-16-12-8-4)104(92(116)100-94)56-70(69)52-74(73)60-108(107)88(84)112/h29-44,47-52,79-80H,5-28,45-46,53-60H2,1-4H3,(H,97,113)(H,98,114)(H,99,115)(H,100,116). The summed E-state index contributed by atoms with van der Waals surface area (Å²) in [6.45, 7) is 9.83. The van der Waals surface area contributed by atoms with Crippen LogP contribution in [-0.4, -0.2) is 62.5 Å². The smallest absolute Gasteiger partial charge is 0.307 e. The number of hydrogen-bond donors (Lipinski definition) is 4. The van der Waals surface area contributed by atoms with Gasteiger partial charge in [0.05, 0.1) is 52.4 Å². The minimum Gasteiger partial charge on any atom is -0.307 e. The molecule has 2 unspecified atom stereocenters. The number of aryl methyl sites for hydroxylation is 4. The number of carbonyl (C=O) groups is 4. The van der Waals surface area contributed by atoms with Crippen LogP contribution in [0.5, 0.6) is 0 Å². The lowest BCUT2D eigenvalue weighted by atomic mass is 9.65. The summed E-state index contributed by atoms with van der Waals surface area (Å²) in [5.74, 6) is -1.57. The van der Waals surface area contributed by atoms with Gasteiger partial charge in [-0.05, 0) is 166 Å². The van der Waals surface area contributed by atoms with Crippen molar-refractivity contribution in [2.45, 2.75) is 281 Å². The Morgan fingerprint density at radius 1 is 0.276 bits per heavy atom. The van der Waals surface area contributed by atoms with E-state index in [0.717, 1.165) is 148 Å². The van der Waals surface area contributed by atoms with Crippen LogP contribution in [0.2, 0.25) is 0 Å². The zero-order chi connectivity index (χ0) is 79.5. The highest BCUT2D eigenvalue weighted by molar-refractivity contribution is 5.92. The Morgan fingerprint density at radius 2 is 0.500 bits per heavy atom. The lowest BCUT2D eigenvalue weighted by Gasteiger charge is -2.46. The molecule has 20 rings (SSSR count). The van der Waals surface area contributed by atoms with Gasteiger partial charge in [-0.25, -0.2) is 37.9 Å². The van der Waals surface area contributed by atoms with Crippen LogP contribution < -0.4 is 43.5 Å². The predicted octanol–water partition coefficient (Wildman–Crippen LogP) is 16.3. The van der Waals surface area contributed by atoms with Crippen molar-refractivity contribution >= 4 is 34.9 Å². The van der Waals surface area contributed by atoms with Gasteiger partial charge in [-0.2, -0.15) is 0 Å².